The Morgan fingerprint density at radius 2 is 2.46 bits per heavy atom. The average Bonchev–Trinajstić information content (AvgIpc) is 2.13. The van der Waals surface area contributed by atoms with E-state index in [9.17, 15) is 0 Å². The number of halogens is 1. The first-order valence-electron chi connectivity index (χ1n) is 4.06. The molecule has 0 unspecified atom stereocenters. The first kappa shape index (κ1) is 10.8. The maximum atomic E-state index is 5.74. The van der Waals surface area contributed by atoms with Crippen LogP contribution in [0.15, 0.2) is 23.2 Å². The molecular weight excluding hydrogens is 206 g/mol. The number of ether oxygens (including phenoxy) is 1. The minimum Gasteiger partial charge on any atom is -0.385 e. The van der Waals surface area contributed by atoms with Crippen molar-refractivity contribution in [3.8, 4) is 0 Å². The van der Waals surface area contributed by atoms with E-state index in [2.05, 4.69) is 4.98 Å². The molecule has 1 heterocycles. The standard InChI is InChI=1S/C9H12ClNOS/c1-12-5-2-6-13-8-3-4-11-9(10)7-8/h3-4,7H,2,5-6H2,1H3. The molecule has 0 saturated carbocycles. The van der Waals surface area contributed by atoms with Crippen LogP contribution >= 0.6 is 23.4 Å². The molecule has 0 bridgehead atoms. The first-order valence-corrected chi connectivity index (χ1v) is 5.42. The molecule has 0 aliphatic rings. The highest BCUT2D eigenvalue weighted by Crippen LogP contribution is 2.20. The fourth-order valence-corrected chi connectivity index (χ4v) is 1.96. The third-order valence-electron chi connectivity index (χ3n) is 1.46. The van der Waals surface area contributed by atoms with Gasteiger partial charge in [0, 0.05) is 30.6 Å². The molecule has 0 radical (unpaired) electrons. The minimum atomic E-state index is 0.553. The molecule has 72 valence electrons. The molecule has 0 amide bonds. The summed E-state index contributed by atoms with van der Waals surface area (Å²) in [5.74, 6) is 1.05. The van der Waals surface area contributed by atoms with Crippen molar-refractivity contribution in [1.82, 2.24) is 4.98 Å². The van der Waals surface area contributed by atoms with E-state index in [1.54, 1.807) is 25.1 Å². The molecule has 0 aromatic carbocycles. The summed E-state index contributed by atoms with van der Waals surface area (Å²) >= 11 is 7.51. The van der Waals surface area contributed by atoms with Crippen LogP contribution in [-0.2, 0) is 4.74 Å². The molecule has 1 aromatic heterocycles. The highest BCUT2D eigenvalue weighted by molar-refractivity contribution is 7.99. The molecule has 0 N–H and O–H groups in total. The van der Waals surface area contributed by atoms with E-state index < -0.39 is 0 Å². The van der Waals surface area contributed by atoms with Gasteiger partial charge in [-0.25, -0.2) is 4.98 Å². The Morgan fingerprint density at radius 1 is 1.62 bits per heavy atom. The zero-order valence-electron chi connectivity index (χ0n) is 7.50. The van der Waals surface area contributed by atoms with Gasteiger partial charge in [-0.1, -0.05) is 11.6 Å². The summed E-state index contributed by atoms with van der Waals surface area (Å²) < 4.78 is 4.95. The van der Waals surface area contributed by atoms with Crippen LogP contribution in [0, 0.1) is 0 Å². The van der Waals surface area contributed by atoms with Crippen LogP contribution in [0.25, 0.3) is 0 Å². The predicted molar refractivity (Wildman–Crippen MR) is 56.5 cm³/mol. The van der Waals surface area contributed by atoms with Crippen LogP contribution in [0.1, 0.15) is 6.42 Å². The van der Waals surface area contributed by atoms with E-state index in [-0.39, 0.29) is 0 Å². The van der Waals surface area contributed by atoms with Gasteiger partial charge >= 0.3 is 0 Å². The second kappa shape index (κ2) is 6.24. The van der Waals surface area contributed by atoms with Crippen molar-refractivity contribution >= 4 is 23.4 Å². The zero-order valence-corrected chi connectivity index (χ0v) is 9.07. The third-order valence-corrected chi connectivity index (χ3v) is 2.75. The van der Waals surface area contributed by atoms with E-state index >= 15 is 0 Å². The highest BCUT2D eigenvalue weighted by Gasteiger charge is 1.95. The van der Waals surface area contributed by atoms with Crippen molar-refractivity contribution in [2.75, 3.05) is 19.5 Å². The normalized spacial score (nSPS) is 10.3. The van der Waals surface area contributed by atoms with Crippen LogP contribution < -0.4 is 0 Å². The summed E-state index contributed by atoms with van der Waals surface area (Å²) in [4.78, 5) is 5.07. The number of aromatic nitrogens is 1. The summed E-state index contributed by atoms with van der Waals surface area (Å²) in [6.07, 6.45) is 2.78. The fraction of sp³-hybridized carbons (Fsp3) is 0.444. The quantitative estimate of drug-likeness (QED) is 0.430. The van der Waals surface area contributed by atoms with Gasteiger partial charge in [-0.2, -0.15) is 0 Å². The van der Waals surface area contributed by atoms with Crippen LogP contribution in [0.4, 0.5) is 0 Å². The van der Waals surface area contributed by atoms with Crippen molar-refractivity contribution in [3.63, 3.8) is 0 Å². The summed E-state index contributed by atoms with van der Waals surface area (Å²) in [5, 5.41) is 0.553. The molecule has 13 heavy (non-hydrogen) atoms. The number of pyridine rings is 1. The monoisotopic (exact) mass is 217 g/mol. The molecule has 0 spiro atoms. The molecule has 0 aliphatic heterocycles. The number of rotatable bonds is 5. The van der Waals surface area contributed by atoms with E-state index in [4.69, 9.17) is 16.3 Å². The number of thioether (sulfide) groups is 1. The summed E-state index contributed by atoms with van der Waals surface area (Å²) in [7, 11) is 1.72. The van der Waals surface area contributed by atoms with Crippen molar-refractivity contribution in [2.24, 2.45) is 0 Å². The Balaban J connectivity index is 2.28. The van der Waals surface area contributed by atoms with Crippen LogP contribution in [-0.4, -0.2) is 24.5 Å². The third kappa shape index (κ3) is 4.50. The molecule has 0 aliphatic carbocycles. The van der Waals surface area contributed by atoms with Gasteiger partial charge in [0.1, 0.15) is 5.15 Å². The largest absolute Gasteiger partial charge is 0.385 e. The van der Waals surface area contributed by atoms with E-state index in [1.165, 1.54) is 0 Å². The molecule has 0 atom stereocenters. The Labute approximate surface area is 87.7 Å². The number of hydrogen-bond donors (Lipinski definition) is 0. The van der Waals surface area contributed by atoms with Crippen molar-refractivity contribution in [1.29, 1.82) is 0 Å². The van der Waals surface area contributed by atoms with E-state index in [1.807, 2.05) is 12.1 Å². The summed E-state index contributed by atoms with van der Waals surface area (Å²) in [5.41, 5.74) is 0. The second-order valence-corrected chi connectivity index (χ2v) is 4.06. The predicted octanol–water partition coefficient (Wildman–Crippen LogP) is 2.86. The Bertz CT molecular complexity index is 257. The van der Waals surface area contributed by atoms with Gasteiger partial charge in [0.15, 0.2) is 0 Å². The van der Waals surface area contributed by atoms with Crippen molar-refractivity contribution in [3.05, 3.63) is 23.5 Å². The van der Waals surface area contributed by atoms with E-state index in [0.29, 0.717) is 5.15 Å². The lowest BCUT2D eigenvalue weighted by Crippen LogP contribution is -1.90. The second-order valence-electron chi connectivity index (χ2n) is 2.51. The zero-order chi connectivity index (χ0) is 9.52. The van der Waals surface area contributed by atoms with Crippen LogP contribution in [0.5, 0.6) is 0 Å². The minimum absolute atomic E-state index is 0.553. The van der Waals surface area contributed by atoms with Crippen LogP contribution in [0.3, 0.4) is 0 Å². The Morgan fingerprint density at radius 3 is 3.15 bits per heavy atom. The molecule has 0 fully saturated rings. The number of hydrogen-bond acceptors (Lipinski definition) is 3. The molecule has 4 heteroatoms. The SMILES string of the molecule is COCCCSc1ccnc(Cl)c1. The molecule has 1 aromatic rings. The van der Waals surface area contributed by atoms with Gasteiger partial charge < -0.3 is 4.74 Å². The Hall–Kier alpha value is -0.250. The summed E-state index contributed by atoms with van der Waals surface area (Å²) in [6.45, 7) is 0.811. The van der Waals surface area contributed by atoms with Gasteiger partial charge in [-0.05, 0) is 18.6 Å². The van der Waals surface area contributed by atoms with Gasteiger partial charge in [-0.3, -0.25) is 0 Å². The molecular formula is C9H12ClNOS. The highest BCUT2D eigenvalue weighted by atomic mass is 35.5. The number of nitrogens with zero attached hydrogens (tertiary/aromatic N) is 1. The molecule has 1 rings (SSSR count). The average molecular weight is 218 g/mol. The van der Waals surface area contributed by atoms with Crippen molar-refractivity contribution in [2.45, 2.75) is 11.3 Å². The lowest BCUT2D eigenvalue weighted by molar-refractivity contribution is 0.200. The lowest BCUT2D eigenvalue weighted by Gasteiger charge is -2.00. The van der Waals surface area contributed by atoms with Gasteiger partial charge in [-0.15, -0.1) is 11.8 Å². The first-order chi connectivity index (χ1) is 6.33. The maximum absolute atomic E-state index is 5.74. The van der Waals surface area contributed by atoms with E-state index in [0.717, 1.165) is 23.7 Å². The van der Waals surface area contributed by atoms with Crippen LogP contribution in [0.2, 0.25) is 5.15 Å². The van der Waals surface area contributed by atoms with Gasteiger partial charge in [0.2, 0.25) is 0 Å². The van der Waals surface area contributed by atoms with Gasteiger partial charge in [0.25, 0.3) is 0 Å². The van der Waals surface area contributed by atoms with Gasteiger partial charge in [0.05, 0.1) is 0 Å². The fourth-order valence-electron chi connectivity index (χ4n) is 0.868. The summed E-state index contributed by atoms with van der Waals surface area (Å²) in [6, 6.07) is 3.84. The smallest absolute Gasteiger partial charge is 0.130 e. The number of methoxy groups -OCH3 is 1. The lowest BCUT2D eigenvalue weighted by atomic mass is 10.5. The molecule has 0 saturated heterocycles. The topological polar surface area (TPSA) is 22.1 Å². The van der Waals surface area contributed by atoms with Crippen molar-refractivity contribution < 1.29 is 4.74 Å². The maximum Gasteiger partial charge on any atom is 0.130 e. The molecule has 2 nitrogen and oxygen atoms in total. The Kier molecular flexibility index (Phi) is 5.20.